The van der Waals surface area contributed by atoms with Gasteiger partial charge in [0.25, 0.3) is 0 Å². The van der Waals surface area contributed by atoms with Crippen LogP contribution in [-0.2, 0) is 4.74 Å². The van der Waals surface area contributed by atoms with Crippen molar-refractivity contribution in [3.8, 4) is 0 Å². The van der Waals surface area contributed by atoms with Gasteiger partial charge in [-0.3, -0.25) is 0 Å². The summed E-state index contributed by atoms with van der Waals surface area (Å²) in [5, 5.41) is 3.19. The maximum absolute atomic E-state index is 5.18. The fourth-order valence-corrected chi connectivity index (χ4v) is 1.81. The molecule has 0 spiro atoms. The van der Waals surface area contributed by atoms with Crippen molar-refractivity contribution < 1.29 is 4.74 Å². The fraction of sp³-hybridized carbons (Fsp3) is 0.667. The molecule has 1 atom stereocenters. The number of methoxy groups -OCH3 is 1. The van der Waals surface area contributed by atoms with Crippen molar-refractivity contribution in [1.29, 1.82) is 0 Å². The SMILES string of the molecule is CCNc1cc(N(CC)C(C)COC)ncn1. The molecule has 1 aromatic heterocycles. The minimum Gasteiger partial charge on any atom is -0.383 e. The van der Waals surface area contributed by atoms with E-state index in [0.717, 1.165) is 24.7 Å². The molecule has 1 heterocycles. The lowest BCUT2D eigenvalue weighted by molar-refractivity contribution is 0.181. The van der Waals surface area contributed by atoms with Crippen molar-refractivity contribution >= 4 is 11.6 Å². The van der Waals surface area contributed by atoms with Gasteiger partial charge >= 0.3 is 0 Å². The lowest BCUT2D eigenvalue weighted by atomic mass is 10.3. The third-order valence-electron chi connectivity index (χ3n) is 2.59. The zero-order valence-corrected chi connectivity index (χ0v) is 11.1. The second kappa shape index (κ2) is 7.06. The summed E-state index contributed by atoms with van der Waals surface area (Å²) in [5.41, 5.74) is 0. The van der Waals surface area contributed by atoms with Gasteiger partial charge in [-0.05, 0) is 20.8 Å². The topological polar surface area (TPSA) is 50.3 Å². The lowest BCUT2D eigenvalue weighted by Gasteiger charge is -2.28. The molecule has 5 heteroatoms. The van der Waals surface area contributed by atoms with E-state index in [-0.39, 0.29) is 0 Å². The van der Waals surface area contributed by atoms with Crippen LogP contribution in [0.4, 0.5) is 11.6 Å². The Morgan fingerprint density at radius 3 is 2.76 bits per heavy atom. The van der Waals surface area contributed by atoms with Gasteiger partial charge in [0.05, 0.1) is 12.6 Å². The predicted octanol–water partition coefficient (Wildman–Crippen LogP) is 1.77. The molecule has 5 nitrogen and oxygen atoms in total. The van der Waals surface area contributed by atoms with Gasteiger partial charge in [0, 0.05) is 26.3 Å². The molecule has 0 amide bonds. The predicted molar refractivity (Wildman–Crippen MR) is 70.6 cm³/mol. The van der Waals surface area contributed by atoms with Gasteiger partial charge in [-0.2, -0.15) is 0 Å². The highest BCUT2D eigenvalue weighted by Gasteiger charge is 2.14. The van der Waals surface area contributed by atoms with Crippen LogP contribution in [0.15, 0.2) is 12.4 Å². The van der Waals surface area contributed by atoms with Crippen molar-refractivity contribution in [2.24, 2.45) is 0 Å². The molecule has 0 aliphatic heterocycles. The van der Waals surface area contributed by atoms with Crippen LogP contribution < -0.4 is 10.2 Å². The molecule has 0 aliphatic rings. The molecule has 96 valence electrons. The first-order valence-corrected chi connectivity index (χ1v) is 6.04. The summed E-state index contributed by atoms with van der Waals surface area (Å²) in [6, 6.07) is 2.27. The first-order valence-electron chi connectivity index (χ1n) is 6.04. The summed E-state index contributed by atoms with van der Waals surface area (Å²) in [7, 11) is 1.72. The molecule has 0 aliphatic carbocycles. The molecule has 1 aromatic rings. The first-order chi connectivity index (χ1) is 8.22. The van der Waals surface area contributed by atoms with Gasteiger partial charge in [-0.25, -0.2) is 9.97 Å². The fourth-order valence-electron chi connectivity index (χ4n) is 1.81. The van der Waals surface area contributed by atoms with Crippen LogP contribution in [0.1, 0.15) is 20.8 Å². The molecular weight excluding hydrogens is 216 g/mol. The summed E-state index contributed by atoms with van der Waals surface area (Å²) in [6.07, 6.45) is 1.59. The number of anilines is 2. The number of ether oxygens (including phenoxy) is 1. The number of nitrogens with one attached hydrogen (secondary N) is 1. The highest BCUT2D eigenvalue weighted by molar-refractivity contribution is 5.48. The van der Waals surface area contributed by atoms with E-state index >= 15 is 0 Å². The second-order valence-electron chi connectivity index (χ2n) is 3.88. The van der Waals surface area contributed by atoms with Crippen LogP contribution >= 0.6 is 0 Å². The number of likely N-dealkylation sites (N-methyl/N-ethyl adjacent to an activating group) is 1. The van der Waals surface area contributed by atoms with Gasteiger partial charge in [0.2, 0.25) is 0 Å². The molecule has 0 bridgehead atoms. The highest BCUT2D eigenvalue weighted by Crippen LogP contribution is 2.16. The quantitative estimate of drug-likeness (QED) is 0.784. The van der Waals surface area contributed by atoms with Crippen molar-refractivity contribution in [3.63, 3.8) is 0 Å². The third-order valence-corrected chi connectivity index (χ3v) is 2.59. The van der Waals surface area contributed by atoms with E-state index in [1.165, 1.54) is 0 Å². The molecule has 0 saturated carbocycles. The maximum atomic E-state index is 5.18. The molecule has 17 heavy (non-hydrogen) atoms. The minimum atomic E-state index is 0.300. The Morgan fingerprint density at radius 2 is 2.18 bits per heavy atom. The molecule has 1 N–H and O–H groups in total. The summed E-state index contributed by atoms with van der Waals surface area (Å²) in [6.45, 7) is 8.73. The first kappa shape index (κ1) is 13.7. The van der Waals surface area contributed by atoms with E-state index in [4.69, 9.17) is 4.74 Å². The van der Waals surface area contributed by atoms with Crippen LogP contribution in [-0.4, -0.2) is 42.8 Å². The second-order valence-corrected chi connectivity index (χ2v) is 3.88. The number of aromatic nitrogens is 2. The monoisotopic (exact) mass is 238 g/mol. The third kappa shape index (κ3) is 3.85. The van der Waals surface area contributed by atoms with E-state index in [0.29, 0.717) is 12.6 Å². The normalized spacial score (nSPS) is 12.2. The van der Waals surface area contributed by atoms with Crippen molar-refractivity contribution in [3.05, 3.63) is 12.4 Å². The van der Waals surface area contributed by atoms with E-state index in [9.17, 15) is 0 Å². The van der Waals surface area contributed by atoms with Crippen molar-refractivity contribution in [1.82, 2.24) is 9.97 Å². The Kier molecular flexibility index (Phi) is 5.69. The van der Waals surface area contributed by atoms with Crippen LogP contribution in [0.3, 0.4) is 0 Å². The maximum Gasteiger partial charge on any atom is 0.134 e. The molecular formula is C12H22N4O. The van der Waals surface area contributed by atoms with Crippen LogP contribution in [0.5, 0.6) is 0 Å². The van der Waals surface area contributed by atoms with E-state index in [1.807, 2.05) is 13.0 Å². The molecule has 0 saturated heterocycles. The number of rotatable bonds is 7. The largest absolute Gasteiger partial charge is 0.383 e. The van der Waals surface area contributed by atoms with Gasteiger partial charge in [-0.15, -0.1) is 0 Å². The molecule has 0 radical (unpaired) electrons. The molecule has 0 fully saturated rings. The standard InChI is InChI=1S/C12H22N4O/c1-5-13-11-7-12(15-9-14-11)16(6-2)10(3)8-17-4/h7,9-10H,5-6,8H2,1-4H3,(H,13,14,15). The minimum absolute atomic E-state index is 0.300. The van der Waals surface area contributed by atoms with E-state index < -0.39 is 0 Å². The average Bonchev–Trinajstić information content (AvgIpc) is 2.31. The van der Waals surface area contributed by atoms with Gasteiger partial charge in [0.15, 0.2) is 0 Å². The summed E-state index contributed by atoms with van der Waals surface area (Å²) < 4.78 is 5.18. The number of hydrogen-bond donors (Lipinski definition) is 1. The Morgan fingerprint density at radius 1 is 1.41 bits per heavy atom. The van der Waals surface area contributed by atoms with Gasteiger partial charge < -0.3 is 15.0 Å². The summed E-state index contributed by atoms with van der Waals surface area (Å²) in [5.74, 6) is 1.79. The summed E-state index contributed by atoms with van der Waals surface area (Å²) >= 11 is 0. The Balaban J connectivity index is 2.83. The highest BCUT2D eigenvalue weighted by atomic mass is 16.5. The summed E-state index contributed by atoms with van der Waals surface area (Å²) in [4.78, 5) is 10.7. The van der Waals surface area contributed by atoms with Crippen LogP contribution in [0.2, 0.25) is 0 Å². The van der Waals surface area contributed by atoms with Crippen LogP contribution in [0, 0.1) is 0 Å². The smallest absolute Gasteiger partial charge is 0.134 e. The van der Waals surface area contributed by atoms with E-state index in [2.05, 4.69) is 34.0 Å². The zero-order chi connectivity index (χ0) is 12.7. The Labute approximate surface area is 103 Å². The Hall–Kier alpha value is -1.36. The van der Waals surface area contributed by atoms with E-state index in [1.54, 1.807) is 13.4 Å². The molecule has 0 aromatic carbocycles. The lowest BCUT2D eigenvalue weighted by Crippen LogP contribution is -2.36. The van der Waals surface area contributed by atoms with Gasteiger partial charge in [0.1, 0.15) is 18.0 Å². The van der Waals surface area contributed by atoms with Crippen molar-refractivity contribution in [2.45, 2.75) is 26.8 Å². The average molecular weight is 238 g/mol. The molecule has 1 rings (SSSR count). The molecule has 1 unspecified atom stereocenters. The van der Waals surface area contributed by atoms with Gasteiger partial charge in [-0.1, -0.05) is 0 Å². The zero-order valence-electron chi connectivity index (χ0n) is 11.1. The van der Waals surface area contributed by atoms with Crippen LogP contribution in [0.25, 0.3) is 0 Å². The number of nitrogens with zero attached hydrogens (tertiary/aromatic N) is 3. The number of hydrogen-bond acceptors (Lipinski definition) is 5. The Bertz CT molecular complexity index is 332. The van der Waals surface area contributed by atoms with Crippen molar-refractivity contribution in [2.75, 3.05) is 37.0 Å².